The van der Waals surface area contributed by atoms with Crippen LogP contribution in [-0.4, -0.2) is 0 Å². The number of hydrogen-bond donors (Lipinski definition) is 1. The van der Waals surface area contributed by atoms with Gasteiger partial charge < -0.3 is 10.5 Å². The van der Waals surface area contributed by atoms with Crippen LogP contribution in [0.1, 0.15) is 16.7 Å². The molecular formula is C15H16FNO. The van der Waals surface area contributed by atoms with Gasteiger partial charge in [-0.2, -0.15) is 0 Å². The highest BCUT2D eigenvalue weighted by atomic mass is 19.1. The van der Waals surface area contributed by atoms with Crippen molar-refractivity contribution in [3.8, 4) is 5.75 Å². The van der Waals surface area contributed by atoms with E-state index in [2.05, 4.69) is 0 Å². The maximum Gasteiger partial charge on any atom is 0.124 e. The first kappa shape index (κ1) is 12.6. The van der Waals surface area contributed by atoms with Crippen molar-refractivity contribution >= 4 is 0 Å². The third kappa shape index (κ3) is 3.08. The Morgan fingerprint density at radius 2 is 2.00 bits per heavy atom. The predicted octanol–water partition coefficient (Wildman–Crippen LogP) is 3.17. The van der Waals surface area contributed by atoms with E-state index in [1.54, 1.807) is 6.07 Å². The Labute approximate surface area is 106 Å². The maximum atomic E-state index is 13.0. The van der Waals surface area contributed by atoms with Crippen molar-refractivity contribution in [3.63, 3.8) is 0 Å². The molecule has 2 aromatic rings. The Kier molecular flexibility index (Phi) is 3.95. The Morgan fingerprint density at radius 3 is 2.72 bits per heavy atom. The molecule has 18 heavy (non-hydrogen) atoms. The number of hydrogen-bond acceptors (Lipinski definition) is 2. The van der Waals surface area contributed by atoms with Gasteiger partial charge >= 0.3 is 0 Å². The molecular weight excluding hydrogens is 229 g/mol. The largest absolute Gasteiger partial charge is 0.489 e. The zero-order valence-electron chi connectivity index (χ0n) is 10.3. The second-order valence-corrected chi connectivity index (χ2v) is 4.23. The fourth-order valence-corrected chi connectivity index (χ4v) is 1.80. The van der Waals surface area contributed by atoms with E-state index in [-0.39, 0.29) is 5.82 Å². The van der Waals surface area contributed by atoms with Crippen molar-refractivity contribution in [2.75, 3.05) is 0 Å². The summed E-state index contributed by atoms with van der Waals surface area (Å²) in [4.78, 5) is 0. The standard InChI is InChI=1S/C15H16FNO/c1-11-5-6-15(13(7-11)9-17)18-10-12-3-2-4-14(16)8-12/h2-8H,9-10,17H2,1H3. The predicted molar refractivity (Wildman–Crippen MR) is 69.8 cm³/mol. The quantitative estimate of drug-likeness (QED) is 0.898. The number of benzene rings is 2. The summed E-state index contributed by atoms with van der Waals surface area (Å²) in [6, 6.07) is 12.3. The van der Waals surface area contributed by atoms with E-state index in [0.717, 1.165) is 22.4 Å². The van der Waals surface area contributed by atoms with Gasteiger partial charge in [0.25, 0.3) is 0 Å². The van der Waals surface area contributed by atoms with E-state index in [9.17, 15) is 4.39 Å². The third-order valence-corrected chi connectivity index (χ3v) is 2.72. The summed E-state index contributed by atoms with van der Waals surface area (Å²) in [5.74, 6) is 0.506. The molecule has 0 atom stereocenters. The van der Waals surface area contributed by atoms with Crippen LogP contribution >= 0.6 is 0 Å². The minimum atomic E-state index is -0.251. The number of nitrogens with two attached hydrogens (primary N) is 1. The van der Waals surface area contributed by atoms with Crippen LogP contribution in [0.15, 0.2) is 42.5 Å². The van der Waals surface area contributed by atoms with Crippen molar-refractivity contribution in [2.24, 2.45) is 5.73 Å². The summed E-state index contributed by atoms with van der Waals surface area (Å²) in [5, 5.41) is 0. The molecule has 0 aliphatic carbocycles. The summed E-state index contributed by atoms with van der Waals surface area (Å²) in [7, 11) is 0. The number of ether oxygens (including phenoxy) is 1. The molecule has 0 aliphatic heterocycles. The van der Waals surface area contributed by atoms with E-state index >= 15 is 0 Å². The van der Waals surface area contributed by atoms with Gasteiger partial charge in [-0.05, 0) is 30.7 Å². The molecule has 2 rings (SSSR count). The van der Waals surface area contributed by atoms with Gasteiger partial charge in [0, 0.05) is 12.1 Å². The lowest BCUT2D eigenvalue weighted by molar-refractivity contribution is 0.302. The molecule has 0 amide bonds. The summed E-state index contributed by atoms with van der Waals surface area (Å²) in [6.45, 7) is 2.78. The van der Waals surface area contributed by atoms with E-state index in [1.165, 1.54) is 12.1 Å². The van der Waals surface area contributed by atoms with Crippen LogP contribution < -0.4 is 10.5 Å². The van der Waals surface area contributed by atoms with Crippen LogP contribution in [0.5, 0.6) is 5.75 Å². The number of rotatable bonds is 4. The molecule has 0 saturated carbocycles. The summed E-state index contributed by atoms with van der Waals surface area (Å²) < 4.78 is 18.7. The Bertz CT molecular complexity index is 540. The van der Waals surface area contributed by atoms with Crippen LogP contribution in [-0.2, 0) is 13.2 Å². The Morgan fingerprint density at radius 1 is 1.17 bits per heavy atom. The molecule has 0 aliphatic rings. The van der Waals surface area contributed by atoms with Gasteiger partial charge in [-0.1, -0.05) is 29.8 Å². The molecule has 94 valence electrons. The average Bonchev–Trinajstić information content (AvgIpc) is 2.37. The first-order chi connectivity index (χ1) is 8.69. The van der Waals surface area contributed by atoms with Gasteiger partial charge in [0.1, 0.15) is 18.2 Å². The van der Waals surface area contributed by atoms with Crippen LogP contribution in [0, 0.1) is 12.7 Å². The van der Waals surface area contributed by atoms with Gasteiger partial charge in [0.05, 0.1) is 0 Å². The molecule has 2 aromatic carbocycles. The fraction of sp³-hybridized carbons (Fsp3) is 0.200. The van der Waals surface area contributed by atoms with Gasteiger partial charge in [0.2, 0.25) is 0 Å². The zero-order chi connectivity index (χ0) is 13.0. The smallest absolute Gasteiger partial charge is 0.124 e. The van der Waals surface area contributed by atoms with E-state index in [1.807, 2.05) is 31.2 Å². The number of halogens is 1. The molecule has 0 unspecified atom stereocenters. The van der Waals surface area contributed by atoms with Crippen LogP contribution in [0.3, 0.4) is 0 Å². The topological polar surface area (TPSA) is 35.2 Å². The molecule has 0 bridgehead atoms. The minimum absolute atomic E-state index is 0.251. The summed E-state index contributed by atoms with van der Waals surface area (Å²) >= 11 is 0. The normalized spacial score (nSPS) is 10.4. The molecule has 0 radical (unpaired) electrons. The molecule has 3 heteroatoms. The van der Waals surface area contributed by atoms with Gasteiger partial charge in [-0.15, -0.1) is 0 Å². The fourth-order valence-electron chi connectivity index (χ4n) is 1.80. The average molecular weight is 245 g/mol. The molecule has 0 aromatic heterocycles. The molecule has 2 N–H and O–H groups in total. The van der Waals surface area contributed by atoms with E-state index in [0.29, 0.717) is 13.2 Å². The van der Waals surface area contributed by atoms with Gasteiger partial charge in [-0.3, -0.25) is 0 Å². The van der Waals surface area contributed by atoms with Crippen molar-refractivity contribution in [3.05, 3.63) is 65.0 Å². The first-order valence-electron chi connectivity index (χ1n) is 5.86. The number of aryl methyl sites for hydroxylation is 1. The highest BCUT2D eigenvalue weighted by molar-refractivity contribution is 5.37. The van der Waals surface area contributed by atoms with Crippen molar-refractivity contribution in [1.29, 1.82) is 0 Å². The second kappa shape index (κ2) is 5.65. The van der Waals surface area contributed by atoms with E-state index in [4.69, 9.17) is 10.5 Å². The SMILES string of the molecule is Cc1ccc(OCc2cccc(F)c2)c(CN)c1. The lowest BCUT2D eigenvalue weighted by Crippen LogP contribution is -2.03. The van der Waals surface area contributed by atoms with Crippen molar-refractivity contribution < 1.29 is 9.13 Å². The first-order valence-corrected chi connectivity index (χ1v) is 5.86. The lowest BCUT2D eigenvalue weighted by Gasteiger charge is -2.11. The molecule has 2 nitrogen and oxygen atoms in total. The van der Waals surface area contributed by atoms with E-state index < -0.39 is 0 Å². The third-order valence-electron chi connectivity index (χ3n) is 2.72. The maximum absolute atomic E-state index is 13.0. The lowest BCUT2D eigenvalue weighted by atomic mass is 10.1. The second-order valence-electron chi connectivity index (χ2n) is 4.23. The molecule has 0 saturated heterocycles. The van der Waals surface area contributed by atoms with Gasteiger partial charge in [0.15, 0.2) is 0 Å². The highest BCUT2D eigenvalue weighted by Crippen LogP contribution is 2.20. The van der Waals surface area contributed by atoms with Crippen molar-refractivity contribution in [2.45, 2.75) is 20.1 Å². The highest BCUT2D eigenvalue weighted by Gasteiger charge is 2.03. The summed E-state index contributed by atoms with van der Waals surface area (Å²) in [5.41, 5.74) is 8.59. The Hall–Kier alpha value is -1.87. The van der Waals surface area contributed by atoms with Crippen molar-refractivity contribution in [1.82, 2.24) is 0 Å². The monoisotopic (exact) mass is 245 g/mol. The Balaban J connectivity index is 2.10. The zero-order valence-corrected chi connectivity index (χ0v) is 10.3. The minimum Gasteiger partial charge on any atom is -0.489 e. The van der Waals surface area contributed by atoms with Crippen LogP contribution in [0.4, 0.5) is 4.39 Å². The molecule has 0 heterocycles. The van der Waals surface area contributed by atoms with Gasteiger partial charge in [-0.25, -0.2) is 4.39 Å². The van der Waals surface area contributed by atoms with Crippen LogP contribution in [0.2, 0.25) is 0 Å². The molecule has 0 spiro atoms. The molecule has 0 fully saturated rings. The summed E-state index contributed by atoms with van der Waals surface area (Å²) in [6.07, 6.45) is 0. The van der Waals surface area contributed by atoms with Crippen LogP contribution in [0.25, 0.3) is 0 Å².